The summed E-state index contributed by atoms with van der Waals surface area (Å²) in [5.74, 6) is -0.875. The van der Waals surface area contributed by atoms with E-state index in [0.29, 0.717) is 13.2 Å². The van der Waals surface area contributed by atoms with E-state index in [2.05, 4.69) is 5.32 Å². The van der Waals surface area contributed by atoms with Gasteiger partial charge in [-0.05, 0) is 39.2 Å². The molecule has 0 saturated carbocycles. The molecule has 2 unspecified atom stereocenters. The fraction of sp³-hybridized carbons (Fsp3) is 0.923. The molecule has 0 amide bonds. The van der Waals surface area contributed by atoms with Crippen molar-refractivity contribution in [2.24, 2.45) is 0 Å². The molecule has 5 nitrogen and oxygen atoms in total. The van der Waals surface area contributed by atoms with E-state index >= 15 is 0 Å². The van der Waals surface area contributed by atoms with Crippen LogP contribution in [0.15, 0.2) is 0 Å². The summed E-state index contributed by atoms with van der Waals surface area (Å²) in [5, 5.41) is 12.2. The first-order chi connectivity index (χ1) is 8.58. The number of hydrogen-bond acceptors (Lipinski definition) is 4. The van der Waals surface area contributed by atoms with Crippen molar-refractivity contribution < 1.29 is 19.4 Å². The van der Waals surface area contributed by atoms with Gasteiger partial charge in [0.05, 0.1) is 19.3 Å². The lowest BCUT2D eigenvalue weighted by Crippen LogP contribution is -2.53. The van der Waals surface area contributed by atoms with Crippen molar-refractivity contribution in [3.8, 4) is 0 Å². The Morgan fingerprint density at radius 3 is 2.89 bits per heavy atom. The van der Waals surface area contributed by atoms with Crippen LogP contribution in [0.2, 0.25) is 0 Å². The highest BCUT2D eigenvalue weighted by Crippen LogP contribution is 2.14. The molecule has 106 valence electrons. The highest BCUT2D eigenvalue weighted by atomic mass is 16.5. The zero-order valence-electron chi connectivity index (χ0n) is 11.4. The molecule has 0 radical (unpaired) electrons. The SMILES string of the molecule is CCCNC(C)(COCC1CCCCO1)C(=O)O. The molecule has 5 heteroatoms. The zero-order chi connectivity index (χ0) is 13.4. The summed E-state index contributed by atoms with van der Waals surface area (Å²) in [6, 6.07) is 0. The highest BCUT2D eigenvalue weighted by Gasteiger charge is 2.33. The Hall–Kier alpha value is -0.650. The first-order valence-corrected chi connectivity index (χ1v) is 6.76. The number of carbonyl (C=O) groups is 1. The Balaban J connectivity index is 2.30. The first-order valence-electron chi connectivity index (χ1n) is 6.76. The molecule has 2 N–H and O–H groups in total. The number of rotatable bonds is 8. The molecule has 1 aliphatic heterocycles. The molecule has 1 fully saturated rings. The minimum absolute atomic E-state index is 0.128. The lowest BCUT2D eigenvalue weighted by molar-refractivity contribution is -0.148. The van der Waals surface area contributed by atoms with E-state index in [0.717, 1.165) is 32.3 Å². The summed E-state index contributed by atoms with van der Waals surface area (Å²) in [6.07, 6.45) is 4.31. The van der Waals surface area contributed by atoms with E-state index in [-0.39, 0.29) is 12.7 Å². The molecule has 0 aromatic rings. The second kappa shape index (κ2) is 7.71. The van der Waals surface area contributed by atoms with Gasteiger partial charge in [0.25, 0.3) is 0 Å². The number of carboxylic acid groups (broad SMARTS) is 1. The summed E-state index contributed by atoms with van der Waals surface area (Å²) in [7, 11) is 0. The van der Waals surface area contributed by atoms with Crippen LogP contribution in [0.4, 0.5) is 0 Å². The minimum Gasteiger partial charge on any atom is -0.480 e. The lowest BCUT2D eigenvalue weighted by Gasteiger charge is -2.28. The second-order valence-electron chi connectivity index (χ2n) is 5.07. The van der Waals surface area contributed by atoms with Crippen LogP contribution in [0.3, 0.4) is 0 Å². The molecule has 1 saturated heterocycles. The van der Waals surface area contributed by atoms with Gasteiger partial charge in [-0.1, -0.05) is 6.92 Å². The average molecular weight is 259 g/mol. The van der Waals surface area contributed by atoms with Gasteiger partial charge < -0.3 is 19.9 Å². The Bertz CT molecular complexity index is 253. The van der Waals surface area contributed by atoms with E-state index in [4.69, 9.17) is 9.47 Å². The number of nitrogens with one attached hydrogen (secondary N) is 1. The van der Waals surface area contributed by atoms with Gasteiger partial charge in [0.1, 0.15) is 5.54 Å². The van der Waals surface area contributed by atoms with Gasteiger partial charge in [0.2, 0.25) is 0 Å². The maximum atomic E-state index is 11.2. The van der Waals surface area contributed by atoms with Gasteiger partial charge in [0.15, 0.2) is 0 Å². The van der Waals surface area contributed by atoms with Crippen LogP contribution in [0.25, 0.3) is 0 Å². The van der Waals surface area contributed by atoms with Crippen LogP contribution in [0.1, 0.15) is 39.5 Å². The summed E-state index contributed by atoms with van der Waals surface area (Å²) in [6.45, 7) is 5.78. The molecule has 1 aliphatic rings. The summed E-state index contributed by atoms with van der Waals surface area (Å²) >= 11 is 0. The Morgan fingerprint density at radius 2 is 2.33 bits per heavy atom. The van der Waals surface area contributed by atoms with Crippen LogP contribution in [-0.4, -0.2) is 49.1 Å². The van der Waals surface area contributed by atoms with E-state index in [9.17, 15) is 9.90 Å². The number of hydrogen-bond donors (Lipinski definition) is 2. The number of aliphatic carboxylic acids is 1. The summed E-state index contributed by atoms with van der Waals surface area (Å²) in [4.78, 5) is 11.2. The fourth-order valence-corrected chi connectivity index (χ4v) is 1.92. The van der Waals surface area contributed by atoms with Crippen LogP contribution in [0.5, 0.6) is 0 Å². The number of carboxylic acids is 1. The monoisotopic (exact) mass is 259 g/mol. The molecule has 1 heterocycles. The van der Waals surface area contributed by atoms with E-state index in [1.54, 1.807) is 6.92 Å². The van der Waals surface area contributed by atoms with Crippen molar-refractivity contribution in [2.45, 2.75) is 51.2 Å². The third-order valence-corrected chi connectivity index (χ3v) is 3.21. The van der Waals surface area contributed by atoms with Gasteiger partial charge in [0, 0.05) is 6.61 Å². The molecule has 2 atom stereocenters. The van der Waals surface area contributed by atoms with Crippen molar-refractivity contribution in [2.75, 3.05) is 26.4 Å². The molecule has 18 heavy (non-hydrogen) atoms. The van der Waals surface area contributed by atoms with E-state index < -0.39 is 11.5 Å². The molecule has 0 spiro atoms. The maximum Gasteiger partial charge on any atom is 0.326 e. The van der Waals surface area contributed by atoms with Crippen molar-refractivity contribution in [1.29, 1.82) is 0 Å². The third kappa shape index (κ3) is 4.92. The van der Waals surface area contributed by atoms with Crippen molar-refractivity contribution in [3.63, 3.8) is 0 Å². The molecule has 0 aromatic carbocycles. The van der Waals surface area contributed by atoms with Gasteiger partial charge in [-0.2, -0.15) is 0 Å². The van der Waals surface area contributed by atoms with Crippen LogP contribution < -0.4 is 5.32 Å². The normalized spacial score (nSPS) is 23.6. The van der Waals surface area contributed by atoms with Crippen LogP contribution >= 0.6 is 0 Å². The molecule has 0 aromatic heterocycles. The quantitative estimate of drug-likeness (QED) is 0.690. The Labute approximate surface area is 109 Å². The lowest BCUT2D eigenvalue weighted by atomic mass is 10.0. The van der Waals surface area contributed by atoms with Crippen LogP contribution in [0, 0.1) is 0 Å². The van der Waals surface area contributed by atoms with Crippen LogP contribution in [-0.2, 0) is 14.3 Å². The molecular formula is C13H25NO4. The van der Waals surface area contributed by atoms with Gasteiger partial charge >= 0.3 is 5.97 Å². The van der Waals surface area contributed by atoms with E-state index in [1.807, 2.05) is 6.92 Å². The predicted molar refractivity (Wildman–Crippen MR) is 68.7 cm³/mol. The third-order valence-electron chi connectivity index (χ3n) is 3.21. The first kappa shape index (κ1) is 15.4. The van der Waals surface area contributed by atoms with Crippen molar-refractivity contribution in [3.05, 3.63) is 0 Å². The van der Waals surface area contributed by atoms with Crippen molar-refractivity contribution >= 4 is 5.97 Å². The Kier molecular flexibility index (Phi) is 6.60. The standard InChI is InChI=1S/C13H25NO4/c1-3-7-14-13(2,12(15)16)10-17-9-11-6-4-5-8-18-11/h11,14H,3-10H2,1-2H3,(H,15,16). The summed E-state index contributed by atoms with van der Waals surface area (Å²) in [5.41, 5.74) is -1.01. The van der Waals surface area contributed by atoms with Gasteiger partial charge in [-0.25, -0.2) is 0 Å². The maximum absolute atomic E-state index is 11.2. The predicted octanol–water partition coefficient (Wildman–Crippen LogP) is 1.41. The Morgan fingerprint density at radius 1 is 1.56 bits per heavy atom. The minimum atomic E-state index is -1.01. The molecule has 1 rings (SSSR count). The fourth-order valence-electron chi connectivity index (χ4n) is 1.92. The average Bonchev–Trinajstić information content (AvgIpc) is 2.37. The molecule has 0 aliphatic carbocycles. The van der Waals surface area contributed by atoms with Gasteiger partial charge in [-0.15, -0.1) is 0 Å². The largest absolute Gasteiger partial charge is 0.480 e. The molecule has 0 bridgehead atoms. The van der Waals surface area contributed by atoms with Crippen molar-refractivity contribution in [1.82, 2.24) is 5.32 Å². The second-order valence-corrected chi connectivity index (χ2v) is 5.07. The highest BCUT2D eigenvalue weighted by molar-refractivity contribution is 5.78. The zero-order valence-corrected chi connectivity index (χ0v) is 11.4. The number of ether oxygens (including phenoxy) is 2. The topological polar surface area (TPSA) is 67.8 Å². The molecular weight excluding hydrogens is 234 g/mol. The van der Waals surface area contributed by atoms with Gasteiger partial charge in [-0.3, -0.25) is 4.79 Å². The summed E-state index contributed by atoms with van der Waals surface area (Å²) < 4.78 is 11.1. The smallest absolute Gasteiger partial charge is 0.326 e. The van der Waals surface area contributed by atoms with E-state index in [1.165, 1.54) is 0 Å².